The number of benzene rings is 1. The van der Waals surface area contributed by atoms with Crippen molar-refractivity contribution in [3.63, 3.8) is 0 Å². The van der Waals surface area contributed by atoms with Crippen LogP contribution < -0.4 is 9.46 Å². The second-order valence-corrected chi connectivity index (χ2v) is 4.45. The number of ether oxygens (including phenoxy) is 1. The van der Waals surface area contributed by atoms with Crippen molar-refractivity contribution in [1.29, 1.82) is 5.26 Å². The molecule has 0 aromatic heterocycles. The molecule has 0 atom stereocenters. The smallest absolute Gasteiger partial charge is 0.222 e. The van der Waals surface area contributed by atoms with Gasteiger partial charge in [-0.1, -0.05) is 23.2 Å². The van der Waals surface area contributed by atoms with E-state index in [9.17, 15) is 8.42 Å². The van der Waals surface area contributed by atoms with E-state index < -0.39 is 10.9 Å². The minimum atomic E-state index is -2.78. The number of nitrogens with one attached hydrogen (secondary N) is 1. The van der Waals surface area contributed by atoms with Crippen LogP contribution in [-0.2, 0) is 10.9 Å². The Labute approximate surface area is 110 Å². The summed E-state index contributed by atoms with van der Waals surface area (Å²) in [5, 5.41) is 8.70. The van der Waals surface area contributed by atoms with E-state index in [0.29, 0.717) is 0 Å². The van der Waals surface area contributed by atoms with Crippen LogP contribution in [0.2, 0.25) is 10.0 Å². The molecule has 1 rings (SSSR count). The molecule has 8 heteroatoms. The Bertz CT molecular complexity index is 494. The molecule has 1 aromatic rings. The third-order valence-electron chi connectivity index (χ3n) is 1.68. The topological polar surface area (TPSA) is 79.2 Å². The van der Waals surface area contributed by atoms with Gasteiger partial charge in [-0.05, 0) is 12.1 Å². The summed E-state index contributed by atoms with van der Waals surface area (Å²) < 4.78 is 28.3. The molecular formula is C9H8Cl2N2O3S. The number of hydrogen-bond acceptors (Lipinski definition) is 4. The fourth-order valence-electron chi connectivity index (χ4n) is 1.07. The summed E-state index contributed by atoms with van der Waals surface area (Å²) in [6, 6.07) is 4.66. The predicted molar refractivity (Wildman–Crippen MR) is 66.1 cm³/mol. The zero-order valence-electron chi connectivity index (χ0n) is 8.44. The average Bonchev–Trinajstić information content (AvgIpc) is 2.21. The largest absolute Gasteiger partial charge is 0.489 e. The first-order valence-electron chi connectivity index (χ1n) is 4.44. The molecule has 1 aromatic carbocycles. The van der Waals surface area contributed by atoms with Crippen molar-refractivity contribution >= 4 is 39.8 Å². The van der Waals surface area contributed by atoms with Gasteiger partial charge in [0, 0.05) is 0 Å². The van der Waals surface area contributed by atoms with Crippen molar-refractivity contribution in [3.05, 3.63) is 22.2 Å². The molecule has 0 spiro atoms. The highest BCUT2D eigenvalue weighted by atomic mass is 35.5. The number of thiol groups is 1. The van der Waals surface area contributed by atoms with E-state index >= 15 is 0 Å². The summed E-state index contributed by atoms with van der Waals surface area (Å²) in [6.07, 6.45) is 0.207. The molecule has 0 amide bonds. The van der Waals surface area contributed by atoms with Gasteiger partial charge in [-0.2, -0.15) is 5.26 Å². The van der Waals surface area contributed by atoms with Gasteiger partial charge in [0.1, 0.15) is 6.61 Å². The third-order valence-corrected chi connectivity index (χ3v) is 2.68. The Balaban J connectivity index is 2.90. The van der Waals surface area contributed by atoms with E-state index in [0.717, 1.165) is 0 Å². The van der Waals surface area contributed by atoms with Gasteiger partial charge in [0.05, 0.1) is 28.2 Å². The fourth-order valence-corrected chi connectivity index (χ4v) is 2.00. The molecule has 0 unspecified atom stereocenters. The Kier molecular flexibility index (Phi) is 5.35. The molecule has 92 valence electrons. The lowest BCUT2D eigenvalue weighted by atomic mass is 10.3. The van der Waals surface area contributed by atoms with Crippen LogP contribution in [0.5, 0.6) is 5.75 Å². The number of halogens is 2. The van der Waals surface area contributed by atoms with E-state index in [1.165, 1.54) is 12.1 Å². The van der Waals surface area contributed by atoms with Gasteiger partial charge in [0.15, 0.2) is 5.75 Å². The van der Waals surface area contributed by atoms with Gasteiger partial charge in [0.2, 0.25) is 10.9 Å². The third kappa shape index (κ3) is 4.30. The van der Waals surface area contributed by atoms with E-state index in [1.807, 2.05) is 6.07 Å². The van der Waals surface area contributed by atoms with Gasteiger partial charge >= 0.3 is 0 Å². The quantitative estimate of drug-likeness (QED) is 0.645. The molecule has 0 aliphatic rings. The molecule has 1 N–H and O–H groups in total. The lowest BCUT2D eigenvalue weighted by molar-refractivity contribution is 0.327. The summed E-state index contributed by atoms with van der Waals surface area (Å²) in [7, 11) is -2.78. The monoisotopic (exact) mass is 294 g/mol. The van der Waals surface area contributed by atoms with Crippen molar-refractivity contribution in [2.75, 3.05) is 11.3 Å². The average molecular weight is 295 g/mol. The van der Waals surface area contributed by atoms with E-state index in [-0.39, 0.29) is 34.5 Å². The lowest BCUT2D eigenvalue weighted by Crippen LogP contribution is -1.99. The van der Waals surface area contributed by atoms with Crippen LogP contribution in [0, 0.1) is 11.3 Å². The van der Waals surface area contributed by atoms with Crippen molar-refractivity contribution in [3.8, 4) is 11.8 Å². The highest BCUT2D eigenvalue weighted by Crippen LogP contribution is 2.36. The summed E-state index contributed by atoms with van der Waals surface area (Å²) in [4.78, 5) is 0. The first-order chi connectivity index (χ1) is 8.04. The summed E-state index contributed by atoms with van der Waals surface area (Å²) in [6.45, 7) is 0.165. The second-order valence-electron chi connectivity index (χ2n) is 2.89. The molecule has 0 fully saturated rings. The molecule has 0 aliphatic carbocycles. The standard InChI is InChI=1S/C9H8Cl2N2O3S/c10-7-4-6(13-17(14)15)5-8(11)9(7)16-3-1-2-12/h4-5,17H,1,3H2,(H,13,14,15). The van der Waals surface area contributed by atoms with Crippen LogP contribution in [0.3, 0.4) is 0 Å². The number of nitrogens with zero attached hydrogens (tertiary/aromatic N) is 1. The molecule has 5 nitrogen and oxygen atoms in total. The molecule has 0 aliphatic heterocycles. The van der Waals surface area contributed by atoms with Gasteiger partial charge in [-0.25, -0.2) is 8.42 Å². The van der Waals surface area contributed by atoms with Crippen LogP contribution in [0.25, 0.3) is 0 Å². The number of hydrogen-bond donors (Lipinski definition) is 2. The van der Waals surface area contributed by atoms with Crippen LogP contribution in [-0.4, -0.2) is 15.0 Å². The second kappa shape index (κ2) is 6.55. The Hall–Kier alpha value is -1.16. The van der Waals surface area contributed by atoms with E-state index in [4.69, 9.17) is 33.2 Å². The summed E-state index contributed by atoms with van der Waals surface area (Å²) >= 11 is 11.7. The van der Waals surface area contributed by atoms with E-state index in [2.05, 4.69) is 4.72 Å². The predicted octanol–water partition coefficient (Wildman–Crippen LogP) is 2.22. The SMILES string of the molecule is N#CCCOc1c(Cl)cc(N[SH](=O)=O)cc1Cl. The molecule has 0 saturated carbocycles. The molecular weight excluding hydrogens is 287 g/mol. The van der Waals surface area contributed by atoms with Crippen LogP contribution >= 0.6 is 23.2 Å². The van der Waals surface area contributed by atoms with Gasteiger partial charge < -0.3 is 4.74 Å². The molecule has 0 bridgehead atoms. The maximum Gasteiger partial charge on any atom is 0.222 e. The summed E-state index contributed by atoms with van der Waals surface area (Å²) in [5.74, 6) is 0.232. The number of anilines is 1. The lowest BCUT2D eigenvalue weighted by Gasteiger charge is -2.10. The molecule has 0 radical (unpaired) electrons. The Morgan fingerprint density at radius 3 is 2.41 bits per heavy atom. The number of nitriles is 1. The Morgan fingerprint density at radius 1 is 1.35 bits per heavy atom. The Morgan fingerprint density at radius 2 is 1.94 bits per heavy atom. The highest BCUT2D eigenvalue weighted by Gasteiger charge is 2.09. The minimum absolute atomic E-state index is 0.165. The summed E-state index contributed by atoms with van der Waals surface area (Å²) in [5.41, 5.74) is 0.253. The fraction of sp³-hybridized carbons (Fsp3) is 0.222. The first-order valence-corrected chi connectivity index (χ1v) is 6.37. The van der Waals surface area contributed by atoms with Crippen molar-refractivity contribution in [2.24, 2.45) is 0 Å². The maximum absolute atomic E-state index is 10.5. The van der Waals surface area contributed by atoms with Crippen LogP contribution in [0.1, 0.15) is 6.42 Å². The first kappa shape index (κ1) is 13.9. The van der Waals surface area contributed by atoms with Gasteiger partial charge in [-0.3, -0.25) is 4.72 Å². The zero-order chi connectivity index (χ0) is 12.8. The molecule has 17 heavy (non-hydrogen) atoms. The van der Waals surface area contributed by atoms with Crippen molar-refractivity contribution in [1.82, 2.24) is 0 Å². The normalized spacial score (nSPS) is 10.0. The van der Waals surface area contributed by atoms with Crippen LogP contribution in [0.15, 0.2) is 12.1 Å². The van der Waals surface area contributed by atoms with Crippen molar-refractivity contribution < 1.29 is 13.2 Å². The minimum Gasteiger partial charge on any atom is -0.489 e. The van der Waals surface area contributed by atoms with E-state index in [1.54, 1.807) is 0 Å². The highest BCUT2D eigenvalue weighted by molar-refractivity contribution is 7.73. The zero-order valence-corrected chi connectivity index (χ0v) is 10.9. The van der Waals surface area contributed by atoms with Gasteiger partial charge in [0.25, 0.3) is 0 Å². The van der Waals surface area contributed by atoms with Crippen molar-refractivity contribution in [2.45, 2.75) is 6.42 Å². The van der Waals surface area contributed by atoms with Gasteiger partial charge in [-0.15, -0.1) is 0 Å². The molecule has 0 heterocycles. The van der Waals surface area contributed by atoms with Crippen LogP contribution in [0.4, 0.5) is 5.69 Å². The number of rotatable bonds is 5. The molecule has 0 saturated heterocycles. The maximum atomic E-state index is 10.5.